The number of piperazine rings is 1. The molecule has 0 bridgehead atoms. The zero-order valence-electron chi connectivity index (χ0n) is 10.1. The van der Waals surface area contributed by atoms with Crippen LogP contribution in [-0.2, 0) is 0 Å². The van der Waals surface area contributed by atoms with Crippen molar-refractivity contribution in [1.29, 1.82) is 0 Å². The fourth-order valence-electron chi connectivity index (χ4n) is 2.13. The van der Waals surface area contributed by atoms with Crippen LogP contribution in [0.5, 0.6) is 0 Å². The third-order valence-electron chi connectivity index (χ3n) is 2.98. The number of hydrogen-bond donors (Lipinski definition) is 1. The molecule has 0 amide bonds. The number of halogens is 1. The van der Waals surface area contributed by atoms with E-state index in [0.717, 1.165) is 25.5 Å². The Morgan fingerprint density at radius 1 is 1.47 bits per heavy atom. The van der Waals surface area contributed by atoms with E-state index >= 15 is 0 Å². The van der Waals surface area contributed by atoms with Gasteiger partial charge in [0, 0.05) is 25.7 Å². The van der Waals surface area contributed by atoms with Crippen molar-refractivity contribution in [2.24, 2.45) is 0 Å². The van der Waals surface area contributed by atoms with Gasteiger partial charge in [0.2, 0.25) is 0 Å². The summed E-state index contributed by atoms with van der Waals surface area (Å²) in [6, 6.07) is 1.82. The van der Waals surface area contributed by atoms with E-state index in [1.165, 1.54) is 0 Å². The van der Waals surface area contributed by atoms with E-state index in [1.807, 2.05) is 6.92 Å². The minimum absolute atomic E-state index is 0.0686. The number of nitrogens with zero attached hydrogens (tertiary/aromatic N) is 4. The fraction of sp³-hybridized carbons (Fsp3) is 0.636. The molecule has 1 fully saturated rings. The molecule has 0 aromatic carbocycles. The Labute approximate surface area is 106 Å². The third kappa shape index (κ3) is 2.86. The highest BCUT2D eigenvalue weighted by Gasteiger charge is 2.26. The molecule has 1 N–H and O–H groups in total. The summed E-state index contributed by atoms with van der Waals surface area (Å²) in [7, 11) is 2.05. The van der Waals surface area contributed by atoms with Gasteiger partial charge in [-0.2, -0.15) is 0 Å². The first-order valence-electron chi connectivity index (χ1n) is 5.67. The van der Waals surface area contributed by atoms with E-state index < -0.39 is 0 Å². The van der Waals surface area contributed by atoms with Crippen LogP contribution >= 0.6 is 11.6 Å². The van der Waals surface area contributed by atoms with E-state index in [2.05, 4.69) is 26.8 Å². The predicted molar refractivity (Wildman–Crippen MR) is 67.5 cm³/mol. The number of rotatable bonds is 2. The molecule has 6 heteroatoms. The quantitative estimate of drug-likeness (QED) is 0.784. The highest BCUT2D eigenvalue weighted by molar-refractivity contribution is 6.29. The second-order valence-corrected chi connectivity index (χ2v) is 4.78. The van der Waals surface area contributed by atoms with Crippen molar-refractivity contribution in [1.82, 2.24) is 14.9 Å². The van der Waals surface area contributed by atoms with Crippen LogP contribution in [0.25, 0.3) is 0 Å². The summed E-state index contributed by atoms with van der Waals surface area (Å²) < 4.78 is 0. The molecule has 1 aromatic heterocycles. The summed E-state index contributed by atoms with van der Waals surface area (Å²) in [6.45, 7) is 4.56. The number of aliphatic hydroxyl groups excluding tert-OH is 1. The van der Waals surface area contributed by atoms with Crippen LogP contribution in [-0.4, -0.2) is 59.3 Å². The minimum Gasteiger partial charge on any atom is -0.394 e. The summed E-state index contributed by atoms with van der Waals surface area (Å²) in [5.41, 5.74) is 0. The van der Waals surface area contributed by atoms with Crippen molar-refractivity contribution in [2.75, 3.05) is 38.2 Å². The monoisotopic (exact) mass is 256 g/mol. The van der Waals surface area contributed by atoms with E-state index in [-0.39, 0.29) is 12.6 Å². The summed E-state index contributed by atoms with van der Waals surface area (Å²) >= 11 is 5.94. The van der Waals surface area contributed by atoms with Gasteiger partial charge in [0.05, 0.1) is 12.6 Å². The van der Waals surface area contributed by atoms with Gasteiger partial charge < -0.3 is 14.9 Å². The average molecular weight is 257 g/mol. The topological polar surface area (TPSA) is 52.5 Å². The van der Waals surface area contributed by atoms with Crippen LogP contribution < -0.4 is 4.90 Å². The van der Waals surface area contributed by atoms with Crippen molar-refractivity contribution in [2.45, 2.75) is 13.0 Å². The smallest absolute Gasteiger partial charge is 0.134 e. The molecule has 94 valence electrons. The lowest BCUT2D eigenvalue weighted by atomic mass is 10.2. The fourth-order valence-corrected chi connectivity index (χ4v) is 2.35. The van der Waals surface area contributed by atoms with Crippen molar-refractivity contribution in [3.8, 4) is 0 Å². The summed E-state index contributed by atoms with van der Waals surface area (Å²) in [5, 5.41) is 9.88. The van der Waals surface area contributed by atoms with E-state index in [0.29, 0.717) is 11.0 Å². The lowest BCUT2D eigenvalue weighted by molar-refractivity contribution is 0.190. The van der Waals surface area contributed by atoms with Gasteiger partial charge >= 0.3 is 0 Å². The van der Waals surface area contributed by atoms with E-state index in [1.54, 1.807) is 6.07 Å². The first-order chi connectivity index (χ1) is 8.10. The molecule has 1 atom stereocenters. The van der Waals surface area contributed by atoms with Gasteiger partial charge in [-0.1, -0.05) is 11.6 Å². The van der Waals surface area contributed by atoms with Gasteiger partial charge in [-0.25, -0.2) is 9.97 Å². The van der Waals surface area contributed by atoms with Crippen molar-refractivity contribution in [3.05, 3.63) is 17.0 Å². The van der Waals surface area contributed by atoms with Gasteiger partial charge in [0.1, 0.15) is 16.8 Å². The maximum atomic E-state index is 9.43. The van der Waals surface area contributed by atoms with Crippen LogP contribution in [0.2, 0.25) is 5.15 Å². The second kappa shape index (κ2) is 5.16. The molecule has 0 saturated carbocycles. The number of likely N-dealkylation sites (N-methyl/N-ethyl adjacent to an activating group) is 1. The molecule has 1 aliphatic heterocycles. The average Bonchev–Trinajstić information content (AvgIpc) is 2.27. The number of anilines is 1. The van der Waals surface area contributed by atoms with E-state index in [4.69, 9.17) is 11.6 Å². The standard InChI is InChI=1S/C11H17ClN4O/c1-8-13-10(12)5-11(14-8)16-4-3-15(2)6-9(16)7-17/h5,9,17H,3-4,6-7H2,1-2H3. The number of aromatic nitrogens is 2. The molecule has 0 radical (unpaired) electrons. The molecule has 1 saturated heterocycles. The summed E-state index contributed by atoms with van der Waals surface area (Å²) in [4.78, 5) is 12.7. The number of aliphatic hydroxyl groups is 1. The SMILES string of the molecule is Cc1nc(Cl)cc(N2CCN(C)CC2CO)n1. The van der Waals surface area contributed by atoms with Gasteiger partial charge in [-0.3, -0.25) is 0 Å². The van der Waals surface area contributed by atoms with Crippen LogP contribution in [0, 0.1) is 6.92 Å². The Bertz CT molecular complexity index is 381. The summed E-state index contributed by atoms with van der Waals surface area (Å²) in [6.07, 6.45) is 0. The van der Waals surface area contributed by atoms with Gasteiger partial charge in [-0.05, 0) is 14.0 Å². The Morgan fingerprint density at radius 3 is 2.88 bits per heavy atom. The van der Waals surface area contributed by atoms with Crippen LogP contribution in [0.3, 0.4) is 0 Å². The van der Waals surface area contributed by atoms with Gasteiger partial charge in [0.15, 0.2) is 0 Å². The Balaban J connectivity index is 2.25. The molecule has 17 heavy (non-hydrogen) atoms. The van der Waals surface area contributed by atoms with Crippen LogP contribution in [0.15, 0.2) is 6.07 Å². The lowest BCUT2D eigenvalue weighted by Crippen LogP contribution is -2.54. The number of hydrogen-bond acceptors (Lipinski definition) is 5. The zero-order chi connectivity index (χ0) is 12.4. The molecule has 1 aliphatic rings. The predicted octanol–water partition coefficient (Wildman–Crippen LogP) is 0.551. The first kappa shape index (κ1) is 12.5. The maximum absolute atomic E-state index is 9.43. The molecule has 2 heterocycles. The first-order valence-corrected chi connectivity index (χ1v) is 6.05. The molecule has 0 aliphatic carbocycles. The van der Waals surface area contributed by atoms with Crippen LogP contribution in [0.4, 0.5) is 5.82 Å². The van der Waals surface area contributed by atoms with E-state index in [9.17, 15) is 5.11 Å². The molecule has 1 aromatic rings. The molecule has 2 rings (SSSR count). The van der Waals surface area contributed by atoms with Gasteiger partial charge in [-0.15, -0.1) is 0 Å². The zero-order valence-corrected chi connectivity index (χ0v) is 10.9. The van der Waals surface area contributed by atoms with Crippen molar-refractivity contribution >= 4 is 17.4 Å². The maximum Gasteiger partial charge on any atom is 0.134 e. The molecular formula is C11H17ClN4O. The van der Waals surface area contributed by atoms with Crippen molar-refractivity contribution < 1.29 is 5.11 Å². The molecule has 5 nitrogen and oxygen atoms in total. The number of aryl methyl sites for hydroxylation is 1. The van der Waals surface area contributed by atoms with Crippen LogP contribution in [0.1, 0.15) is 5.82 Å². The lowest BCUT2D eigenvalue weighted by Gasteiger charge is -2.39. The highest BCUT2D eigenvalue weighted by atomic mass is 35.5. The van der Waals surface area contributed by atoms with Gasteiger partial charge in [0.25, 0.3) is 0 Å². The second-order valence-electron chi connectivity index (χ2n) is 4.39. The molecule has 1 unspecified atom stereocenters. The Kier molecular flexibility index (Phi) is 3.81. The third-order valence-corrected chi connectivity index (χ3v) is 3.18. The Morgan fingerprint density at radius 2 is 2.24 bits per heavy atom. The summed E-state index contributed by atoms with van der Waals surface area (Å²) in [5.74, 6) is 1.46. The normalized spacial score (nSPS) is 21.9. The highest BCUT2D eigenvalue weighted by Crippen LogP contribution is 2.20. The minimum atomic E-state index is 0.0686. The largest absolute Gasteiger partial charge is 0.394 e. The molecule has 0 spiro atoms. The Hall–Kier alpha value is -0.910. The van der Waals surface area contributed by atoms with Crippen molar-refractivity contribution in [3.63, 3.8) is 0 Å². The molecular weight excluding hydrogens is 240 g/mol.